The maximum atomic E-state index is 13.6. The Morgan fingerprint density at radius 3 is 2.37 bits per heavy atom. The first kappa shape index (κ1) is 22.7. The number of hydrogen-bond donors (Lipinski definition) is 1. The zero-order valence-electron chi connectivity index (χ0n) is 20.4. The Hall–Kier alpha value is -4.06. The maximum Gasteiger partial charge on any atom is 0.256 e. The van der Waals surface area contributed by atoms with Crippen molar-refractivity contribution in [3.8, 4) is 5.75 Å². The third-order valence-corrected chi connectivity index (χ3v) is 6.87. The summed E-state index contributed by atoms with van der Waals surface area (Å²) in [6, 6.07) is 22.1. The summed E-state index contributed by atoms with van der Waals surface area (Å²) in [7, 11) is 1.65. The highest BCUT2D eigenvalue weighted by Crippen LogP contribution is 2.32. The van der Waals surface area contributed by atoms with Gasteiger partial charge in [0.2, 0.25) is 0 Å². The average Bonchev–Trinajstić information content (AvgIpc) is 2.90. The third kappa shape index (κ3) is 4.39. The lowest BCUT2D eigenvalue weighted by Crippen LogP contribution is -2.49. The van der Waals surface area contributed by atoms with E-state index < -0.39 is 0 Å². The minimum Gasteiger partial charge on any atom is -0.495 e. The summed E-state index contributed by atoms with van der Waals surface area (Å²) in [6.07, 6.45) is 1.69. The molecule has 178 valence electrons. The van der Waals surface area contributed by atoms with Crippen molar-refractivity contribution in [3.05, 3.63) is 89.6 Å². The summed E-state index contributed by atoms with van der Waals surface area (Å²) in [4.78, 5) is 22.5. The van der Waals surface area contributed by atoms with Gasteiger partial charge < -0.3 is 19.9 Å². The lowest BCUT2D eigenvalue weighted by atomic mass is 10.0. The number of nitrogens with one attached hydrogen (secondary N) is 1. The predicted octanol–water partition coefficient (Wildman–Crippen LogP) is 5.57. The highest BCUT2D eigenvalue weighted by Gasteiger charge is 2.25. The molecule has 4 aromatic rings. The van der Waals surface area contributed by atoms with Crippen LogP contribution in [0, 0.1) is 13.8 Å². The van der Waals surface area contributed by atoms with Crippen LogP contribution >= 0.6 is 0 Å². The van der Waals surface area contributed by atoms with Gasteiger partial charge in [-0.2, -0.15) is 0 Å². The van der Waals surface area contributed by atoms with E-state index in [0.29, 0.717) is 24.5 Å². The van der Waals surface area contributed by atoms with Crippen molar-refractivity contribution in [2.75, 3.05) is 43.5 Å². The second-order valence-electron chi connectivity index (χ2n) is 8.89. The van der Waals surface area contributed by atoms with Gasteiger partial charge in [-0.15, -0.1) is 0 Å². The molecule has 0 radical (unpaired) electrons. The Labute approximate surface area is 206 Å². The molecule has 5 rings (SSSR count). The highest BCUT2D eigenvalue weighted by atomic mass is 16.5. The fourth-order valence-corrected chi connectivity index (χ4v) is 4.74. The van der Waals surface area contributed by atoms with Crippen molar-refractivity contribution in [3.63, 3.8) is 0 Å². The van der Waals surface area contributed by atoms with Gasteiger partial charge in [-0.05, 0) is 48.6 Å². The molecule has 1 N–H and O–H groups in total. The number of pyridine rings is 1. The lowest BCUT2D eigenvalue weighted by Gasteiger charge is -2.37. The molecule has 3 aromatic carbocycles. The zero-order chi connectivity index (χ0) is 24.4. The molecule has 0 unspecified atom stereocenters. The highest BCUT2D eigenvalue weighted by molar-refractivity contribution is 6.09. The molecule has 0 spiro atoms. The molecular formula is C29H30N4O2. The lowest BCUT2D eigenvalue weighted by molar-refractivity contribution is 0.0748. The van der Waals surface area contributed by atoms with Crippen LogP contribution < -0.4 is 15.0 Å². The number of aromatic nitrogens is 1. The standard InChI is InChI=1S/C29H30N4O2/c1-20-9-8-13-26(21(20)2)32-15-17-33(18-16-32)29(34)24-19-30-28(23-11-5-4-10-22(23)24)31-25-12-6-7-14-27(25)35-3/h4-14,19H,15-18H2,1-3H3,(H,30,31). The van der Waals surface area contributed by atoms with Crippen LogP contribution in [0.1, 0.15) is 21.5 Å². The third-order valence-electron chi connectivity index (χ3n) is 6.87. The number of carbonyl (C=O) groups excluding carboxylic acids is 1. The molecule has 1 aliphatic heterocycles. The van der Waals surface area contributed by atoms with Gasteiger partial charge in [-0.3, -0.25) is 4.79 Å². The SMILES string of the molecule is COc1ccccc1Nc1ncc(C(=O)N2CCN(c3cccc(C)c3C)CC2)c2ccccc12. The average molecular weight is 467 g/mol. The summed E-state index contributed by atoms with van der Waals surface area (Å²) >= 11 is 0. The smallest absolute Gasteiger partial charge is 0.256 e. The van der Waals surface area contributed by atoms with Crippen molar-refractivity contribution in [1.82, 2.24) is 9.88 Å². The van der Waals surface area contributed by atoms with Gasteiger partial charge in [0.15, 0.2) is 0 Å². The number of anilines is 3. The Kier molecular flexibility index (Phi) is 6.27. The summed E-state index contributed by atoms with van der Waals surface area (Å²) < 4.78 is 5.47. The van der Waals surface area contributed by atoms with Gasteiger partial charge in [0.1, 0.15) is 11.6 Å². The van der Waals surface area contributed by atoms with Crippen LogP contribution in [0.4, 0.5) is 17.2 Å². The summed E-state index contributed by atoms with van der Waals surface area (Å²) in [5.41, 5.74) is 5.32. The number of fused-ring (bicyclic) bond motifs is 1. The van der Waals surface area contributed by atoms with Crippen LogP contribution in [0.15, 0.2) is 72.9 Å². The monoisotopic (exact) mass is 466 g/mol. The molecule has 0 saturated carbocycles. The van der Waals surface area contributed by atoms with Gasteiger partial charge in [0.05, 0.1) is 18.4 Å². The quantitative estimate of drug-likeness (QED) is 0.417. The Morgan fingerprint density at radius 1 is 0.886 bits per heavy atom. The van der Waals surface area contributed by atoms with Gasteiger partial charge in [0.25, 0.3) is 5.91 Å². The number of nitrogens with zero attached hydrogens (tertiary/aromatic N) is 3. The van der Waals surface area contributed by atoms with Crippen molar-refractivity contribution >= 4 is 33.9 Å². The van der Waals surface area contributed by atoms with E-state index in [1.807, 2.05) is 53.4 Å². The van der Waals surface area contributed by atoms with Crippen molar-refractivity contribution in [2.24, 2.45) is 0 Å². The number of benzene rings is 3. The fourth-order valence-electron chi connectivity index (χ4n) is 4.74. The molecule has 1 fully saturated rings. The normalized spacial score (nSPS) is 13.7. The number of amides is 1. The molecular weight excluding hydrogens is 436 g/mol. The van der Waals surface area contributed by atoms with E-state index in [0.717, 1.165) is 35.3 Å². The van der Waals surface area contributed by atoms with Crippen molar-refractivity contribution in [2.45, 2.75) is 13.8 Å². The van der Waals surface area contributed by atoms with E-state index in [2.05, 4.69) is 47.2 Å². The first-order chi connectivity index (χ1) is 17.1. The van der Waals surface area contributed by atoms with Gasteiger partial charge >= 0.3 is 0 Å². The van der Waals surface area contributed by atoms with Crippen molar-refractivity contribution < 1.29 is 9.53 Å². The number of hydrogen-bond acceptors (Lipinski definition) is 5. The van der Waals surface area contributed by atoms with E-state index in [-0.39, 0.29) is 5.91 Å². The van der Waals surface area contributed by atoms with Crippen LogP contribution in [0.3, 0.4) is 0 Å². The molecule has 0 bridgehead atoms. The summed E-state index contributed by atoms with van der Waals surface area (Å²) in [6.45, 7) is 7.30. The first-order valence-corrected chi connectivity index (χ1v) is 11.9. The molecule has 35 heavy (non-hydrogen) atoms. The number of methoxy groups -OCH3 is 1. The second-order valence-corrected chi connectivity index (χ2v) is 8.89. The number of carbonyl (C=O) groups is 1. The summed E-state index contributed by atoms with van der Waals surface area (Å²) in [5, 5.41) is 5.17. The molecule has 6 heteroatoms. The fraction of sp³-hybridized carbons (Fsp3) is 0.241. The molecule has 0 aliphatic carbocycles. The molecule has 2 heterocycles. The van der Waals surface area contributed by atoms with E-state index in [9.17, 15) is 4.79 Å². The number of aryl methyl sites for hydroxylation is 1. The number of para-hydroxylation sites is 2. The van der Waals surface area contributed by atoms with Crippen molar-refractivity contribution in [1.29, 1.82) is 0 Å². The zero-order valence-corrected chi connectivity index (χ0v) is 20.4. The van der Waals surface area contributed by atoms with Crippen LogP contribution in [0.2, 0.25) is 0 Å². The predicted molar refractivity (Wildman–Crippen MR) is 142 cm³/mol. The Morgan fingerprint density at radius 2 is 1.60 bits per heavy atom. The minimum absolute atomic E-state index is 0.0261. The molecule has 1 aliphatic rings. The van der Waals surface area contributed by atoms with E-state index >= 15 is 0 Å². The summed E-state index contributed by atoms with van der Waals surface area (Å²) in [5.74, 6) is 1.46. The van der Waals surface area contributed by atoms with E-state index in [1.54, 1.807) is 13.3 Å². The maximum absolute atomic E-state index is 13.6. The first-order valence-electron chi connectivity index (χ1n) is 11.9. The largest absolute Gasteiger partial charge is 0.495 e. The molecule has 1 aromatic heterocycles. The molecule has 1 saturated heterocycles. The van der Waals surface area contributed by atoms with E-state index in [4.69, 9.17) is 4.74 Å². The number of piperazine rings is 1. The molecule has 6 nitrogen and oxygen atoms in total. The van der Waals surface area contributed by atoms with Crippen LogP contribution in [0.5, 0.6) is 5.75 Å². The second kappa shape index (κ2) is 9.66. The van der Waals surface area contributed by atoms with Crippen LogP contribution in [-0.2, 0) is 0 Å². The minimum atomic E-state index is 0.0261. The van der Waals surface area contributed by atoms with Crippen LogP contribution in [-0.4, -0.2) is 49.1 Å². The molecule has 1 amide bonds. The van der Waals surface area contributed by atoms with Gasteiger partial charge in [-0.1, -0.05) is 48.5 Å². The number of rotatable bonds is 5. The van der Waals surface area contributed by atoms with Gasteiger partial charge in [0, 0.05) is 43.4 Å². The van der Waals surface area contributed by atoms with Crippen LogP contribution in [0.25, 0.3) is 10.8 Å². The molecule has 0 atom stereocenters. The van der Waals surface area contributed by atoms with E-state index in [1.165, 1.54) is 16.8 Å². The Bertz CT molecular complexity index is 1380. The Balaban J connectivity index is 1.38. The number of ether oxygens (including phenoxy) is 1. The van der Waals surface area contributed by atoms with Gasteiger partial charge in [-0.25, -0.2) is 4.98 Å². The topological polar surface area (TPSA) is 57.7 Å².